The third-order valence-corrected chi connectivity index (χ3v) is 4.86. The van der Waals surface area contributed by atoms with Crippen LogP contribution in [0.15, 0.2) is 52.5 Å². The Balaban J connectivity index is 1.64. The standard InChI is InChI=1S/C17H13ClN4OS/c1-10-3-2-6-22-15(23)8-12(19-16(10)22)9-24-17-20-13-5-4-11(18)7-14(13)21-17/h2-8H,9H2,1H3,(H,20,21). The van der Waals surface area contributed by atoms with Crippen molar-refractivity contribution >= 4 is 40.0 Å². The number of nitrogens with one attached hydrogen (secondary N) is 1. The van der Waals surface area contributed by atoms with Crippen molar-refractivity contribution in [2.75, 3.05) is 0 Å². The smallest absolute Gasteiger partial charge is 0.258 e. The summed E-state index contributed by atoms with van der Waals surface area (Å²) in [6.45, 7) is 1.95. The van der Waals surface area contributed by atoms with Gasteiger partial charge in [0.05, 0.1) is 16.7 Å². The molecule has 0 radical (unpaired) electrons. The number of H-pyrrole nitrogens is 1. The molecule has 0 aliphatic heterocycles. The summed E-state index contributed by atoms with van der Waals surface area (Å²) in [5, 5.41) is 1.45. The second-order valence-corrected chi connectivity index (χ2v) is 6.86. The van der Waals surface area contributed by atoms with Crippen LogP contribution in [-0.2, 0) is 5.75 Å². The molecule has 0 bridgehead atoms. The van der Waals surface area contributed by atoms with Gasteiger partial charge in [-0.25, -0.2) is 9.97 Å². The normalized spacial score (nSPS) is 11.4. The molecule has 3 heterocycles. The van der Waals surface area contributed by atoms with Crippen molar-refractivity contribution in [3.05, 3.63) is 69.2 Å². The highest BCUT2D eigenvalue weighted by atomic mass is 35.5. The molecule has 0 spiro atoms. The fourth-order valence-electron chi connectivity index (χ4n) is 2.55. The van der Waals surface area contributed by atoms with Gasteiger partial charge in [-0.2, -0.15) is 0 Å². The number of fused-ring (bicyclic) bond motifs is 2. The molecule has 120 valence electrons. The number of aryl methyl sites for hydroxylation is 1. The Morgan fingerprint density at radius 1 is 1.25 bits per heavy atom. The number of hydrogen-bond acceptors (Lipinski definition) is 4. The van der Waals surface area contributed by atoms with E-state index in [9.17, 15) is 4.79 Å². The van der Waals surface area contributed by atoms with Crippen LogP contribution >= 0.6 is 23.4 Å². The number of thioether (sulfide) groups is 1. The first kappa shape index (κ1) is 15.2. The van der Waals surface area contributed by atoms with Crippen LogP contribution in [0, 0.1) is 6.92 Å². The van der Waals surface area contributed by atoms with Gasteiger partial charge in [0.1, 0.15) is 5.65 Å². The molecule has 1 aromatic carbocycles. The Labute approximate surface area is 146 Å². The minimum Gasteiger partial charge on any atom is -0.333 e. The van der Waals surface area contributed by atoms with E-state index in [2.05, 4.69) is 15.0 Å². The Morgan fingerprint density at radius 2 is 2.12 bits per heavy atom. The van der Waals surface area contributed by atoms with Crippen molar-refractivity contribution in [2.45, 2.75) is 17.8 Å². The number of nitrogens with zero attached hydrogens (tertiary/aromatic N) is 3. The summed E-state index contributed by atoms with van der Waals surface area (Å²) >= 11 is 7.49. The van der Waals surface area contributed by atoms with Gasteiger partial charge in [-0.3, -0.25) is 9.20 Å². The summed E-state index contributed by atoms with van der Waals surface area (Å²) in [7, 11) is 0. The van der Waals surface area contributed by atoms with Gasteiger partial charge in [0.25, 0.3) is 5.56 Å². The van der Waals surface area contributed by atoms with Crippen LogP contribution in [0.1, 0.15) is 11.3 Å². The third kappa shape index (κ3) is 2.79. The molecule has 0 saturated heterocycles. The molecule has 1 N–H and O–H groups in total. The summed E-state index contributed by atoms with van der Waals surface area (Å²) in [6, 6.07) is 10.9. The van der Waals surface area contributed by atoms with Gasteiger partial charge >= 0.3 is 0 Å². The van der Waals surface area contributed by atoms with E-state index in [1.807, 2.05) is 37.3 Å². The number of rotatable bonds is 3. The zero-order valence-corrected chi connectivity index (χ0v) is 14.4. The Hall–Kier alpha value is -2.31. The number of aromatic nitrogens is 4. The molecule has 0 amide bonds. The van der Waals surface area contributed by atoms with E-state index in [1.165, 1.54) is 11.8 Å². The Morgan fingerprint density at radius 3 is 3.00 bits per heavy atom. The lowest BCUT2D eigenvalue weighted by molar-refractivity contribution is 0.997. The summed E-state index contributed by atoms with van der Waals surface area (Å²) in [4.78, 5) is 24.6. The topological polar surface area (TPSA) is 63.1 Å². The molecular formula is C17H13ClN4OS. The predicted molar refractivity (Wildman–Crippen MR) is 96.9 cm³/mol. The maximum Gasteiger partial charge on any atom is 0.258 e. The van der Waals surface area contributed by atoms with Crippen molar-refractivity contribution in [3.63, 3.8) is 0 Å². The van der Waals surface area contributed by atoms with Gasteiger partial charge in [-0.1, -0.05) is 29.4 Å². The zero-order chi connectivity index (χ0) is 16.7. The number of pyridine rings is 1. The minimum atomic E-state index is -0.0734. The van der Waals surface area contributed by atoms with Gasteiger partial charge in [-0.05, 0) is 36.8 Å². The largest absolute Gasteiger partial charge is 0.333 e. The van der Waals surface area contributed by atoms with E-state index >= 15 is 0 Å². The first-order valence-corrected chi connectivity index (χ1v) is 8.72. The molecular weight excluding hydrogens is 344 g/mol. The maximum atomic E-state index is 12.2. The first-order chi connectivity index (χ1) is 11.6. The second kappa shape index (κ2) is 5.96. The SMILES string of the molecule is Cc1cccn2c(=O)cc(CSc3nc4ccc(Cl)cc4[nH]3)nc12. The van der Waals surface area contributed by atoms with E-state index in [1.54, 1.807) is 16.7 Å². The van der Waals surface area contributed by atoms with E-state index in [0.717, 1.165) is 27.4 Å². The summed E-state index contributed by atoms with van der Waals surface area (Å²) < 4.78 is 1.56. The second-order valence-electron chi connectivity index (χ2n) is 5.46. The Kier molecular flexibility index (Phi) is 3.78. The highest BCUT2D eigenvalue weighted by molar-refractivity contribution is 7.98. The number of benzene rings is 1. The van der Waals surface area contributed by atoms with Gasteiger partial charge < -0.3 is 4.98 Å². The molecule has 0 aliphatic carbocycles. The molecule has 24 heavy (non-hydrogen) atoms. The number of aromatic amines is 1. The number of halogens is 1. The fourth-order valence-corrected chi connectivity index (χ4v) is 3.50. The van der Waals surface area contributed by atoms with Gasteiger partial charge in [0, 0.05) is 23.0 Å². The summed E-state index contributed by atoms with van der Waals surface area (Å²) in [6.07, 6.45) is 1.73. The lowest BCUT2D eigenvalue weighted by Crippen LogP contribution is -2.15. The van der Waals surface area contributed by atoms with Gasteiger partial charge in [0.2, 0.25) is 0 Å². The van der Waals surface area contributed by atoms with E-state index in [-0.39, 0.29) is 5.56 Å². The molecule has 4 rings (SSSR count). The minimum absolute atomic E-state index is 0.0734. The molecule has 0 saturated carbocycles. The summed E-state index contributed by atoms with van der Waals surface area (Å²) in [5.41, 5.74) is 4.09. The molecule has 0 atom stereocenters. The molecule has 0 fully saturated rings. The highest BCUT2D eigenvalue weighted by Crippen LogP contribution is 2.24. The van der Waals surface area contributed by atoms with Crippen molar-refractivity contribution in [2.24, 2.45) is 0 Å². The van der Waals surface area contributed by atoms with Gasteiger partial charge in [-0.15, -0.1) is 0 Å². The van der Waals surface area contributed by atoms with Crippen LogP contribution < -0.4 is 5.56 Å². The van der Waals surface area contributed by atoms with E-state index in [4.69, 9.17) is 11.6 Å². The van der Waals surface area contributed by atoms with Crippen molar-refractivity contribution in [1.29, 1.82) is 0 Å². The molecule has 7 heteroatoms. The monoisotopic (exact) mass is 356 g/mol. The van der Waals surface area contributed by atoms with Crippen LogP contribution in [0.2, 0.25) is 5.02 Å². The van der Waals surface area contributed by atoms with Crippen molar-refractivity contribution in [3.8, 4) is 0 Å². The zero-order valence-electron chi connectivity index (χ0n) is 12.8. The van der Waals surface area contributed by atoms with E-state index < -0.39 is 0 Å². The molecule has 0 aliphatic rings. The van der Waals surface area contributed by atoms with Crippen LogP contribution in [0.5, 0.6) is 0 Å². The third-order valence-electron chi connectivity index (χ3n) is 3.72. The lowest BCUT2D eigenvalue weighted by atomic mass is 10.3. The van der Waals surface area contributed by atoms with E-state index in [0.29, 0.717) is 16.4 Å². The lowest BCUT2D eigenvalue weighted by Gasteiger charge is -2.05. The molecule has 4 aromatic rings. The molecule has 5 nitrogen and oxygen atoms in total. The average Bonchev–Trinajstić information content (AvgIpc) is 2.96. The number of hydrogen-bond donors (Lipinski definition) is 1. The molecule has 3 aromatic heterocycles. The molecule has 0 unspecified atom stereocenters. The average molecular weight is 357 g/mol. The van der Waals surface area contributed by atoms with Crippen LogP contribution in [0.3, 0.4) is 0 Å². The summed E-state index contributed by atoms with van der Waals surface area (Å²) in [5.74, 6) is 0.563. The fraction of sp³-hybridized carbons (Fsp3) is 0.118. The van der Waals surface area contributed by atoms with Crippen molar-refractivity contribution < 1.29 is 0 Å². The van der Waals surface area contributed by atoms with Crippen LogP contribution in [-0.4, -0.2) is 19.4 Å². The van der Waals surface area contributed by atoms with Gasteiger partial charge in [0.15, 0.2) is 5.16 Å². The van der Waals surface area contributed by atoms with Crippen LogP contribution in [0.4, 0.5) is 0 Å². The first-order valence-electron chi connectivity index (χ1n) is 7.36. The highest BCUT2D eigenvalue weighted by Gasteiger charge is 2.08. The number of imidazole rings is 1. The van der Waals surface area contributed by atoms with Crippen LogP contribution in [0.25, 0.3) is 16.7 Å². The predicted octanol–water partition coefficient (Wildman–Crippen LogP) is 3.82. The van der Waals surface area contributed by atoms with Crippen molar-refractivity contribution in [1.82, 2.24) is 19.4 Å². The maximum absolute atomic E-state index is 12.2. The quantitative estimate of drug-likeness (QED) is 0.567. The Bertz CT molecular complexity index is 1120.